The van der Waals surface area contributed by atoms with E-state index in [9.17, 15) is 5.11 Å². The van der Waals surface area contributed by atoms with Gasteiger partial charge in [-0.15, -0.1) is 11.3 Å². The highest BCUT2D eigenvalue weighted by Crippen LogP contribution is 2.27. The Hall–Kier alpha value is -1.17. The fourth-order valence-corrected chi connectivity index (χ4v) is 3.64. The number of nitrogens with zero attached hydrogens (tertiary/aromatic N) is 2. The summed E-state index contributed by atoms with van der Waals surface area (Å²) in [5.74, 6) is 0.674. The lowest BCUT2D eigenvalue weighted by Gasteiger charge is -2.30. The van der Waals surface area contributed by atoms with Crippen LogP contribution in [0.3, 0.4) is 0 Å². The van der Waals surface area contributed by atoms with Gasteiger partial charge in [0.05, 0.1) is 17.5 Å². The van der Waals surface area contributed by atoms with E-state index in [1.165, 1.54) is 19.3 Å². The van der Waals surface area contributed by atoms with Crippen LogP contribution in [0.4, 0.5) is 0 Å². The molecule has 5 heteroatoms. The van der Waals surface area contributed by atoms with Crippen LogP contribution in [0.5, 0.6) is 0 Å². The lowest BCUT2D eigenvalue weighted by Crippen LogP contribution is -2.35. The van der Waals surface area contributed by atoms with Crippen molar-refractivity contribution >= 4 is 11.3 Å². The van der Waals surface area contributed by atoms with Crippen LogP contribution in [0.1, 0.15) is 49.7 Å². The minimum atomic E-state index is -0.513. The molecule has 114 valence electrons. The van der Waals surface area contributed by atoms with Gasteiger partial charge < -0.3 is 9.52 Å². The number of aliphatic hydroxyl groups is 1. The predicted molar refractivity (Wildman–Crippen MR) is 83.1 cm³/mol. The average molecular weight is 306 g/mol. The fourth-order valence-electron chi connectivity index (χ4n) is 3.09. The monoisotopic (exact) mass is 306 g/mol. The van der Waals surface area contributed by atoms with E-state index in [1.807, 2.05) is 17.6 Å². The van der Waals surface area contributed by atoms with E-state index in [0.29, 0.717) is 11.8 Å². The van der Waals surface area contributed by atoms with E-state index in [4.69, 9.17) is 4.42 Å². The molecular weight excluding hydrogens is 284 g/mol. The molecule has 3 heterocycles. The molecule has 0 radical (unpaired) electrons. The smallest absolute Gasteiger partial charge is 0.132 e. The summed E-state index contributed by atoms with van der Waals surface area (Å²) in [4.78, 5) is 6.88. The Balaban J connectivity index is 1.66. The summed E-state index contributed by atoms with van der Waals surface area (Å²) in [5, 5.41) is 12.5. The van der Waals surface area contributed by atoms with Gasteiger partial charge in [-0.25, -0.2) is 4.98 Å². The molecule has 1 aliphatic rings. The van der Waals surface area contributed by atoms with Crippen LogP contribution in [0.15, 0.2) is 33.7 Å². The summed E-state index contributed by atoms with van der Waals surface area (Å²) in [7, 11) is 0. The summed E-state index contributed by atoms with van der Waals surface area (Å²) in [6.07, 6.45) is 6.74. The van der Waals surface area contributed by atoms with Crippen molar-refractivity contribution in [3.63, 3.8) is 0 Å². The molecule has 0 aromatic carbocycles. The zero-order chi connectivity index (χ0) is 14.5. The molecule has 3 rings (SSSR count). The first-order valence-corrected chi connectivity index (χ1v) is 8.60. The minimum absolute atomic E-state index is 0.397. The first kappa shape index (κ1) is 14.8. The average Bonchev–Trinajstić information content (AvgIpc) is 3.14. The van der Waals surface area contributed by atoms with Crippen molar-refractivity contribution in [2.24, 2.45) is 0 Å². The number of hydrogen-bond acceptors (Lipinski definition) is 5. The van der Waals surface area contributed by atoms with E-state index in [2.05, 4.69) is 15.3 Å². The second-order valence-electron chi connectivity index (χ2n) is 5.72. The largest absolute Gasteiger partial charge is 0.467 e. The molecule has 1 N–H and O–H groups in total. The quantitative estimate of drug-likeness (QED) is 0.917. The molecule has 2 atom stereocenters. The Labute approximate surface area is 129 Å². The van der Waals surface area contributed by atoms with Crippen molar-refractivity contribution in [3.8, 4) is 0 Å². The molecule has 2 aromatic heterocycles. The number of furan rings is 1. The van der Waals surface area contributed by atoms with Crippen LogP contribution in [-0.2, 0) is 6.54 Å². The van der Waals surface area contributed by atoms with Crippen LogP contribution in [0, 0.1) is 0 Å². The van der Waals surface area contributed by atoms with Crippen LogP contribution in [0.25, 0.3) is 0 Å². The molecular formula is C16H22N2O2S. The maximum atomic E-state index is 10.4. The van der Waals surface area contributed by atoms with Gasteiger partial charge in [0.25, 0.3) is 0 Å². The SMILES string of the molecule is O[C@H](C[C@H]1CCCCCN1Cc1cscn1)c1ccco1. The predicted octanol–water partition coefficient (Wildman–Crippen LogP) is 3.60. The molecule has 0 saturated carbocycles. The highest BCUT2D eigenvalue weighted by Gasteiger charge is 2.25. The van der Waals surface area contributed by atoms with Gasteiger partial charge in [0, 0.05) is 18.0 Å². The Morgan fingerprint density at radius 2 is 2.38 bits per heavy atom. The third-order valence-corrected chi connectivity index (χ3v) is 4.85. The molecule has 21 heavy (non-hydrogen) atoms. The van der Waals surface area contributed by atoms with Crippen molar-refractivity contribution in [1.82, 2.24) is 9.88 Å². The number of thiazole rings is 1. The third-order valence-electron chi connectivity index (χ3n) is 4.21. The fraction of sp³-hybridized carbons (Fsp3) is 0.562. The molecule has 0 unspecified atom stereocenters. The lowest BCUT2D eigenvalue weighted by molar-refractivity contribution is 0.0826. The Kier molecular flexibility index (Phi) is 5.06. The van der Waals surface area contributed by atoms with Gasteiger partial charge in [0.15, 0.2) is 0 Å². The number of rotatable bonds is 5. The van der Waals surface area contributed by atoms with Crippen LogP contribution < -0.4 is 0 Å². The van der Waals surface area contributed by atoms with E-state index in [1.54, 1.807) is 17.6 Å². The number of aliphatic hydroxyl groups excluding tert-OH is 1. The molecule has 0 amide bonds. The summed E-state index contributed by atoms with van der Waals surface area (Å²) < 4.78 is 5.33. The standard InChI is InChI=1S/C16H22N2O2S/c19-15(16-6-4-8-20-16)9-14-5-2-1-3-7-18(14)10-13-11-21-12-17-13/h4,6,8,11-12,14-15,19H,1-3,5,7,9-10H2/t14-,15-/m1/s1. The normalized spacial score (nSPS) is 22.0. The highest BCUT2D eigenvalue weighted by molar-refractivity contribution is 7.07. The Morgan fingerprint density at radius 3 is 3.14 bits per heavy atom. The highest BCUT2D eigenvalue weighted by atomic mass is 32.1. The number of aromatic nitrogens is 1. The second kappa shape index (κ2) is 7.20. The van der Waals surface area contributed by atoms with E-state index in [-0.39, 0.29) is 0 Å². The zero-order valence-electron chi connectivity index (χ0n) is 12.1. The molecule has 0 bridgehead atoms. The van der Waals surface area contributed by atoms with Gasteiger partial charge in [-0.05, 0) is 37.9 Å². The first-order valence-electron chi connectivity index (χ1n) is 7.65. The van der Waals surface area contributed by atoms with E-state index < -0.39 is 6.10 Å². The van der Waals surface area contributed by atoms with E-state index in [0.717, 1.165) is 31.6 Å². The molecule has 0 aliphatic carbocycles. The molecule has 2 aromatic rings. The van der Waals surface area contributed by atoms with Gasteiger partial charge in [0.2, 0.25) is 0 Å². The molecule has 0 spiro atoms. The number of likely N-dealkylation sites (tertiary alicyclic amines) is 1. The van der Waals surface area contributed by atoms with Gasteiger partial charge >= 0.3 is 0 Å². The topological polar surface area (TPSA) is 49.5 Å². The summed E-state index contributed by atoms with van der Waals surface area (Å²) in [5.41, 5.74) is 3.03. The zero-order valence-corrected chi connectivity index (χ0v) is 13.0. The van der Waals surface area contributed by atoms with Crippen molar-refractivity contribution in [3.05, 3.63) is 40.7 Å². The maximum Gasteiger partial charge on any atom is 0.132 e. The molecule has 1 aliphatic heterocycles. The van der Waals surface area contributed by atoms with Crippen LogP contribution in [0.2, 0.25) is 0 Å². The van der Waals surface area contributed by atoms with Crippen molar-refractivity contribution in [2.75, 3.05) is 6.54 Å². The van der Waals surface area contributed by atoms with Crippen molar-refractivity contribution in [1.29, 1.82) is 0 Å². The van der Waals surface area contributed by atoms with Gasteiger partial charge in [0.1, 0.15) is 11.9 Å². The van der Waals surface area contributed by atoms with Gasteiger partial charge in [-0.1, -0.05) is 12.8 Å². The summed E-state index contributed by atoms with van der Waals surface area (Å²) in [6.45, 7) is 1.98. The second-order valence-corrected chi connectivity index (χ2v) is 6.44. The van der Waals surface area contributed by atoms with Crippen LogP contribution in [-0.4, -0.2) is 27.6 Å². The lowest BCUT2D eigenvalue weighted by atomic mass is 10.0. The van der Waals surface area contributed by atoms with Gasteiger partial charge in [-0.3, -0.25) is 4.90 Å². The number of hydrogen-bond donors (Lipinski definition) is 1. The maximum absolute atomic E-state index is 10.4. The molecule has 1 fully saturated rings. The molecule has 1 saturated heterocycles. The van der Waals surface area contributed by atoms with Gasteiger partial charge in [-0.2, -0.15) is 0 Å². The Bertz CT molecular complexity index is 512. The summed E-state index contributed by atoms with van der Waals surface area (Å²) >= 11 is 1.64. The summed E-state index contributed by atoms with van der Waals surface area (Å²) in [6, 6.07) is 4.08. The molecule has 4 nitrogen and oxygen atoms in total. The van der Waals surface area contributed by atoms with Crippen LogP contribution >= 0.6 is 11.3 Å². The van der Waals surface area contributed by atoms with Crippen molar-refractivity contribution in [2.45, 2.75) is 50.8 Å². The van der Waals surface area contributed by atoms with E-state index >= 15 is 0 Å². The third kappa shape index (κ3) is 3.93. The Morgan fingerprint density at radius 1 is 1.43 bits per heavy atom. The van der Waals surface area contributed by atoms with Crippen molar-refractivity contribution < 1.29 is 9.52 Å². The minimum Gasteiger partial charge on any atom is -0.467 e. The first-order chi connectivity index (χ1) is 10.3.